The van der Waals surface area contributed by atoms with E-state index in [4.69, 9.17) is 4.42 Å². The van der Waals surface area contributed by atoms with Crippen LogP contribution >= 0.6 is 0 Å². The third-order valence-corrected chi connectivity index (χ3v) is 6.80. The standard InChI is InChI=1S/C25H21N3O5S/c1-28(21-8-3-2-4-9-21)34(31,32)22-10-5-7-20(17-22)27-24(29)18-12-14-19(15-13-18)26-25(30)23-11-6-16-33-23/h2-17H,1H3,(H,26,30)(H,27,29). The summed E-state index contributed by atoms with van der Waals surface area (Å²) in [5.41, 5.74) is 1.69. The Morgan fingerprint density at radius 1 is 0.765 bits per heavy atom. The quantitative estimate of drug-likeness (QED) is 0.406. The molecule has 1 heterocycles. The fourth-order valence-corrected chi connectivity index (χ4v) is 4.42. The predicted octanol–water partition coefficient (Wildman–Crippen LogP) is 4.61. The van der Waals surface area contributed by atoms with Gasteiger partial charge in [-0.25, -0.2) is 8.42 Å². The van der Waals surface area contributed by atoms with Crippen LogP contribution in [0.4, 0.5) is 17.1 Å². The molecule has 0 atom stereocenters. The van der Waals surface area contributed by atoms with Crippen molar-refractivity contribution in [1.82, 2.24) is 0 Å². The lowest BCUT2D eigenvalue weighted by atomic mass is 10.2. The van der Waals surface area contributed by atoms with Gasteiger partial charge < -0.3 is 15.1 Å². The molecule has 3 aromatic carbocycles. The first-order valence-corrected chi connectivity index (χ1v) is 11.7. The molecule has 0 spiro atoms. The maximum Gasteiger partial charge on any atom is 0.291 e. The molecule has 0 fully saturated rings. The van der Waals surface area contributed by atoms with Crippen LogP contribution in [0.3, 0.4) is 0 Å². The number of benzene rings is 3. The highest BCUT2D eigenvalue weighted by Crippen LogP contribution is 2.24. The second-order valence-electron chi connectivity index (χ2n) is 7.30. The monoisotopic (exact) mass is 475 g/mol. The molecule has 8 nitrogen and oxygen atoms in total. The Morgan fingerprint density at radius 2 is 1.47 bits per heavy atom. The number of hydrogen-bond donors (Lipinski definition) is 2. The van der Waals surface area contributed by atoms with Crippen molar-refractivity contribution in [2.24, 2.45) is 0 Å². The van der Waals surface area contributed by atoms with Gasteiger partial charge in [0.25, 0.3) is 21.8 Å². The van der Waals surface area contributed by atoms with Crippen LogP contribution in [0, 0.1) is 0 Å². The maximum atomic E-state index is 13.0. The first-order valence-electron chi connectivity index (χ1n) is 10.2. The molecule has 0 saturated carbocycles. The number of nitrogens with zero attached hydrogens (tertiary/aromatic N) is 1. The topological polar surface area (TPSA) is 109 Å². The minimum Gasteiger partial charge on any atom is -0.459 e. The van der Waals surface area contributed by atoms with E-state index >= 15 is 0 Å². The average Bonchev–Trinajstić information content (AvgIpc) is 3.40. The Balaban J connectivity index is 1.45. The van der Waals surface area contributed by atoms with E-state index in [9.17, 15) is 18.0 Å². The summed E-state index contributed by atoms with van der Waals surface area (Å²) < 4.78 is 32.3. The van der Waals surface area contributed by atoms with Gasteiger partial charge in [0, 0.05) is 24.0 Å². The summed E-state index contributed by atoms with van der Waals surface area (Å²) >= 11 is 0. The van der Waals surface area contributed by atoms with Gasteiger partial charge in [0.1, 0.15) is 0 Å². The van der Waals surface area contributed by atoms with Gasteiger partial charge in [-0.15, -0.1) is 0 Å². The molecule has 34 heavy (non-hydrogen) atoms. The molecule has 0 aliphatic rings. The Kier molecular flexibility index (Phi) is 6.46. The molecule has 4 aromatic rings. The van der Waals surface area contributed by atoms with Gasteiger partial charge in [-0.2, -0.15) is 0 Å². The molecule has 2 N–H and O–H groups in total. The lowest BCUT2D eigenvalue weighted by molar-refractivity contribution is 0.0995. The van der Waals surface area contributed by atoms with Crippen LogP contribution < -0.4 is 14.9 Å². The molecule has 0 unspecified atom stereocenters. The van der Waals surface area contributed by atoms with Gasteiger partial charge in [0.05, 0.1) is 16.8 Å². The number of amides is 2. The number of nitrogens with one attached hydrogen (secondary N) is 2. The third-order valence-electron chi connectivity index (χ3n) is 5.02. The van der Waals surface area contributed by atoms with E-state index in [0.29, 0.717) is 22.6 Å². The van der Waals surface area contributed by atoms with Gasteiger partial charge in [-0.3, -0.25) is 13.9 Å². The highest BCUT2D eigenvalue weighted by atomic mass is 32.2. The number of rotatable bonds is 7. The second-order valence-corrected chi connectivity index (χ2v) is 9.27. The normalized spacial score (nSPS) is 11.0. The molecule has 0 aliphatic heterocycles. The van der Waals surface area contributed by atoms with Crippen molar-refractivity contribution >= 4 is 38.9 Å². The van der Waals surface area contributed by atoms with E-state index in [-0.39, 0.29) is 10.7 Å². The van der Waals surface area contributed by atoms with Crippen LogP contribution in [0.2, 0.25) is 0 Å². The lowest BCUT2D eigenvalue weighted by Gasteiger charge is -2.20. The minimum absolute atomic E-state index is 0.0487. The third kappa shape index (κ3) is 5.00. The number of carbonyl (C=O) groups is 2. The van der Waals surface area contributed by atoms with Crippen molar-refractivity contribution in [2.75, 3.05) is 22.0 Å². The molecule has 0 bridgehead atoms. The van der Waals surface area contributed by atoms with Crippen LogP contribution in [-0.4, -0.2) is 27.3 Å². The summed E-state index contributed by atoms with van der Waals surface area (Å²) in [6, 6.07) is 24.2. The van der Waals surface area contributed by atoms with Crippen molar-refractivity contribution < 1.29 is 22.4 Å². The molecule has 0 saturated heterocycles. The lowest BCUT2D eigenvalue weighted by Crippen LogP contribution is -2.26. The van der Waals surface area contributed by atoms with E-state index in [1.807, 2.05) is 0 Å². The first kappa shape index (κ1) is 22.8. The highest BCUT2D eigenvalue weighted by Gasteiger charge is 2.21. The largest absolute Gasteiger partial charge is 0.459 e. The minimum atomic E-state index is -3.82. The maximum absolute atomic E-state index is 13.0. The zero-order chi connectivity index (χ0) is 24.1. The predicted molar refractivity (Wildman–Crippen MR) is 130 cm³/mol. The molecule has 0 aliphatic carbocycles. The highest BCUT2D eigenvalue weighted by molar-refractivity contribution is 7.92. The van der Waals surface area contributed by atoms with E-state index in [0.717, 1.165) is 0 Å². The summed E-state index contributed by atoms with van der Waals surface area (Å²) in [5, 5.41) is 5.38. The zero-order valence-electron chi connectivity index (χ0n) is 18.1. The number of hydrogen-bond acceptors (Lipinski definition) is 5. The van der Waals surface area contributed by atoms with Gasteiger partial charge in [-0.1, -0.05) is 24.3 Å². The number of anilines is 3. The molecule has 2 amide bonds. The van der Waals surface area contributed by atoms with E-state index in [1.54, 1.807) is 78.9 Å². The van der Waals surface area contributed by atoms with Crippen molar-refractivity contribution in [3.8, 4) is 0 Å². The Labute approximate surface area is 196 Å². The molecule has 172 valence electrons. The fraction of sp³-hybridized carbons (Fsp3) is 0.0400. The van der Waals surface area contributed by atoms with Crippen molar-refractivity contribution in [1.29, 1.82) is 0 Å². The van der Waals surface area contributed by atoms with Crippen LogP contribution in [0.25, 0.3) is 0 Å². The van der Waals surface area contributed by atoms with Gasteiger partial charge in [-0.05, 0) is 66.7 Å². The van der Waals surface area contributed by atoms with Crippen LogP contribution in [-0.2, 0) is 10.0 Å². The van der Waals surface area contributed by atoms with Crippen molar-refractivity contribution in [2.45, 2.75) is 4.90 Å². The molecule has 9 heteroatoms. The van der Waals surface area contributed by atoms with Crippen molar-refractivity contribution in [3.05, 3.63) is 109 Å². The Bertz CT molecular complexity index is 1400. The summed E-state index contributed by atoms with van der Waals surface area (Å²) in [7, 11) is -2.34. The van der Waals surface area contributed by atoms with Crippen LogP contribution in [0.5, 0.6) is 0 Å². The number of furan rings is 1. The molecule has 1 aromatic heterocycles. The van der Waals surface area contributed by atoms with Gasteiger partial charge in [0.15, 0.2) is 5.76 Å². The summed E-state index contributed by atoms with van der Waals surface area (Å²) in [4.78, 5) is 24.8. The van der Waals surface area contributed by atoms with Gasteiger partial charge in [0.2, 0.25) is 0 Å². The molecule has 4 rings (SSSR count). The van der Waals surface area contributed by atoms with E-state index in [1.165, 1.54) is 29.7 Å². The van der Waals surface area contributed by atoms with E-state index < -0.39 is 21.8 Å². The number of sulfonamides is 1. The summed E-state index contributed by atoms with van der Waals surface area (Å²) in [6.45, 7) is 0. The smallest absolute Gasteiger partial charge is 0.291 e. The zero-order valence-corrected chi connectivity index (χ0v) is 19.0. The molecular formula is C25H21N3O5S. The molecular weight excluding hydrogens is 454 g/mol. The average molecular weight is 476 g/mol. The Hall–Kier alpha value is -4.37. The van der Waals surface area contributed by atoms with Gasteiger partial charge >= 0.3 is 0 Å². The number of para-hydroxylation sites is 1. The van der Waals surface area contributed by atoms with E-state index in [2.05, 4.69) is 10.6 Å². The Morgan fingerprint density at radius 3 is 2.15 bits per heavy atom. The first-order chi connectivity index (χ1) is 16.3. The van der Waals surface area contributed by atoms with Crippen LogP contribution in [0.1, 0.15) is 20.9 Å². The number of carbonyl (C=O) groups excluding carboxylic acids is 2. The SMILES string of the molecule is CN(c1ccccc1)S(=O)(=O)c1cccc(NC(=O)c2ccc(NC(=O)c3ccco3)cc2)c1. The molecule has 0 radical (unpaired) electrons. The van der Waals surface area contributed by atoms with Crippen molar-refractivity contribution in [3.63, 3.8) is 0 Å². The summed E-state index contributed by atoms with van der Waals surface area (Å²) in [5.74, 6) is -0.648. The fourth-order valence-electron chi connectivity index (χ4n) is 3.18. The summed E-state index contributed by atoms with van der Waals surface area (Å²) in [6.07, 6.45) is 1.41. The van der Waals surface area contributed by atoms with Crippen LogP contribution in [0.15, 0.2) is 107 Å². The second kappa shape index (κ2) is 9.63.